The highest BCUT2D eigenvalue weighted by atomic mass is 16.2. The number of nitrogens with one attached hydrogen (secondary N) is 2. The molecule has 1 fully saturated rings. The zero-order valence-corrected chi connectivity index (χ0v) is 13.5. The first kappa shape index (κ1) is 16.5. The van der Waals surface area contributed by atoms with Crippen LogP contribution in [0, 0.1) is 17.8 Å². The van der Waals surface area contributed by atoms with Gasteiger partial charge in [0.15, 0.2) is 0 Å². The molecule has 112 valence electrons. The van der Waals surface area contributed by atoms with E-state index in [1.54, 1.807) is 0 Å². The van der Waals surface area contributed by atoms with Crippen molar-refractivity contribution in [3.63, 3.8) is 0 Å². The molecule has 0 bridgehead atoms. The maximum atomic E-state index is 11.9. The molecule has 0 saturated heterocycles. The smallest absolute Gasteiger partial charge is 0.234 e. The maximum absolute atomic E-state index is 11.9. The van der Waals surface area contributed by atoms with Crippen LogP contribution in [0.15, 0.2) is 0 Å². The van der Waals surface area contributed by atoms with E-state index in [1.165, 1.54) is 19.3 Å². The van der Waals surface area contributed by atoms with E-state index < -0.39 is 0 Å². The van der Waals surface area contributed by atoms with E-state index >= 15 is 0 Å². The van der Waals surface area contributed by atoms with Gasteiger partial charge in [-0.25, -0.2) is 0 Å². The summed E-state index contributed by atoms with van der Waals surface area (Å²) in [6, 6.07) is 0.495. The summed E-state index contributed by atoms with van der Waals surface area (Å²) < 4.78 is 0. The molecule has 1 amide bonds. The second-order valence-corrected chi connectivity index (χ2v) is 7.61. The second-order valence-electron chi connectivity index (χ2n) is 7.61. The van der Waals surface area contributed by atoms with Gasteiger partial charge in [0.2, 0.25) is 5.91 Å². The highest BCUT2D eigenvalue weighted by Crippen LogP contribution is 2.33. The van der Waals surface area contributed by atoms with Crippen LogP contribution in [0.25, 0.3) is 0 Å². The lowest BCUT2D eigenvalue weighted by Crippen LogP contribution is -2.49. The number of carbonyl (C=O) groups excluding carboxylic acids is 1. The van der Waals surface area contributed by atoms with E-state index in [4.69, 9.17) is 0 Å². The van der Waals surface area contributed by atoms with Crippen LogP contribution in [0.5, 0.6) is 0 Å². The number of hydrogen-bond donors (Lipinski definition) is 2. The van der Waals surface area contributed by atoms with Crippen molar-refractivity contribution in [2.24, 2.45) is 17.8 Å². The van der Waals surface area contributed by atoms with Crippen LogP contribution in [0.3, 0.4) is 0 Å². The number of amides is 1. The molecule has 1 aliphatic rings. The van der Waals surface area contributed by atoms with Gasteiger partial charge in [-0.2, -0.15) is 0 Å². The Hall–Kier alpha value is -0.570. The van der Waals surface area contributed by atoms with Gasteiger partial charge < -0.3 is 10.6 Å². The molecule has 19 heavy (non-hydrogen) atoms. The van der Waals surface area contributed by atoms with Gasteiger partial charge in [0, 0.05) is 11.6 Å². The Balaban J connectivity index is 2.46. The summed E-state index contributed by atoms with van der Waals surface area (Å²) in [5, 5.41) is 6.51. The Morgan fingerprint density at radius 2 is 1.89 bits per heavy atom. The minimum absolute atomic E-state index is 0.105. The molecule has 3 nitrogen and oxygen atoms in total. The summed E-state index contributed by atoms with van der Waals surface area (Å²) in [5.41, 5.74) is -0.143. The predicted octanol–water partition coefficient (Wildman–Crippen LogP) is 2.95. The summed E-state index contributed by atoms with van der Waals surface area (Å²) in [5.74, 6) is 2.28. The molecular formula is C16H32N2O. The summed E-state index contributed by atoms with van der Waals surface area (Å²) in [4.78, 5) is 11.9. The summed E-state index contributed by atoms with van der Waals surface area (Å²) in [6.45, 7) is 13.4. The Kier molecular flexibility index (Phi) is 5.84. The van der Waals surface area contributed by atoms with Gasteiger partial charge >= 0.3 is 0 Å². The Morgan fingerprint density at radius 1 is 1.26 bits per heavy atom. The summed E-state index contributed by atoms with van der Waals surface area (Å²) in [7, 11) is 0. The number of hydrogen-bond acceptors (Lipinski definition) is 2. The zero-order chi connectivity index (χ0) is 14.6. The van der Waals surface area contributed by atoms with Crippen LogP contribution >= 0.6 is 0 Å². The fraction of sp³-hybridized carbons (Fsp3) is 0.938. The lowest BCUT2D eigenvalue weighted by molar-refractivity contribution is -0.121. The van der Waals surface area contributed by atoms with E-state index in [9.17, 15) is 4.79 Å². The second kappa shape index (κ2) is 6.74. The van der Waals surface area contributed by atoms with Crippen LogP contribution in [-0.2, 0) is 4.79 Å². The van der Waals surface area contributed by atoms with Crippen molar-refractivity contribution in [1.82, 2.24) is 10.6 Å². The first-order valence-electron chi connectivity index (χ1n) is 7.73. The SMILES string of the molecule is CC1CCC(C(C)C)C(NCC(=O)NC(C)(C)C)C1. The number of rotatable bonds is 4. The van der Waals surface area contributed by atoms with E-state index in [2.05, 4.69) is 31.4 Å². The first-order valence-corrected chi connectivity index (χ1v) is 7.73. The van der Waals surface area contributed by atoms with Crippen LogP contribution in [0.1, 0.15) is 60.8 Å². The average molecular weight is 268 g/mol. The first-order chi connectivity index (χ1) is 8.69. The van der Waals surface area contributed by atoms with Crippen molar-refractivity contribution in [3.8, 4) is 0 Å². The van der Waals surface area contributed by atoms with Crippen molar-refractivity contribution in [3.05, 3.63) is 0 Å². The standard InChI is InChI=1S/C16H32N2O/c1-11(2)13-8-7-12(3)9-14(13)17-10-15(19)18-16(4,5)6/h11-14,17H,7-10H2,1-6H3,(H,18,19). The molecule has 1 aliphatic carbocycles. The lowest BCUT2D eigenvalue weighted by atomic mass is 9.74. The van der Waals surface area contributed by atoms with Gasteiger partial charge in [-0.1, -0.05) is 27.2 Å². The van der Waals surface area contributed by atoms with Gasteiger partial charge in [-0.15, -0.1) is 0 Å². The minimum atomic E-state index is -0.143. The van der Waals surface area contributed by atoms with Crippen molar-refractivity contribution in [2.45, 2.75) is 72.4 Å². The molecular weight excluding hydrogens is 236 g/mol. The molecule has 1 rings (SSSR count). The topological polar surface area (TPSA) is 41.1 Å². The summed E-state index contributed by atoms with van der Waals surface area (Å²) in [6.07, 6.45) is 3.82. The highest BCUT2D eigenvalue weighted by molar-refractivity contribution is 5.78. The van der Waals surface area contributed by atoms with Gasteiger partial charge in [0.05, 0.1) is 6.54 Å². The van der Waals surface area contributed by atoms with Crippen LogP contribution < -0.4 is 10.6 Å². The molecule has 0 aliphatic heterocycles. The fourth-order valence-corrected chi connectivity index (χ4v) is 3.12. The maximum Gasteiger partial charge on any atom is 0.234 e. The van der Waals surface area contributed by atoms with Gasteiger partial charge in [-0.05, 0) is 51.4 Å². The molecule has 3 atom stereocenters. The molecule has 0 aromatic carbocycles. The monoisotopic (exact) mass is 268 g/mol. The van der Waals surface area contributed by atoms with Crippen molar-refractivity contribution >= 4 is 5.91 Å². The van der Waals surface area contributed by atoms with Gasteiger partial charge in [0.1, 0.15) is 0 Å². The van der Waals surface area contributed by atoms with E-state index in [1.807, 2.05) is 20.8 Å². The Bertz CT molecular complexity index is 294. The Morgan fingerprint density at radius 3 is 2.42 bits per heavy atom. The van der Waals surface area contributed by atoms with Crippen molar-refractivity contribution in [2.75, 3.05) is 6.54 Å². The van der Waals surface area contributed by atoms with Crippen LogP contribution in [-0.4, -0.2) is 24.0 Å². The molecule has 0 aromatic heterocycles. The average Bonchev–Trinajstić information content (AvgIpc) is 2.23. The summed E-state index contributed by atoms with van der Waals surface area (Å²) >= 11 is 0. The van der Waals surface area contributed by atoms with Crippen molar-refractivity contribution < 1.29 is 4.79 Å². The molecule has 3 unspecified atom stereocenters. The predicted molar refractivity (Wildman–Crippen MR) is 81.0 cm³/mol. The molecule has 3 heteroatoms. The van der Waals surface area contributed by atoms with E-state index in [0.29, 0.717) is 24.4 Å². The third-order valence-electron chi connectivity index (χ3n) is 4.06. The van der Waals surface area contributed by atoms with Crippen LogP contribution in [0.4, 0.5) is 0 Å². The molecule has 2 N–H and O–H groups in total. The minimum Gasteiger partial charge on any atom is -0.350 e. The molecule has 0 radical (unpaired) electrons. The van der Waals surface area contributed by atoms with E-state index in [0.717, 1.165) is 5.92 Å². The fourth-order valence-electron chi connectivity index (χ4n) is 3.12. The lowest BCUT2D eigenvalue weighted by Gasteiger charge is -2.38. The largest absolute Gasteiger partial charge is 0.350 e. The molecule has 0 spiro atoms. The van der Waals surface area contributed by atoms with Crippen molar-refractivity contribution in [1.29, 1.82) is 0 Å². The quantitative estimate of drug-likeness (QED) is 0.823. The molecule has 0 heterocycles. The Labute approximate surface area is 118 Å². The van der Waals surface area contributed by atoms with Crippen LogP contribution in [0.2, 0.25) is 0 Å². The van der Waals surface area contributed by atoms with Gasteiger partial charge in [0.25, 0.3) is 0 Å². The number of carbonyl (C=O) groups is 1. The molecule has 0 aromatic rings. The third-order valence-corrected chi connectivity index (χ3v) is 4.06. The normalized spacial score (nSPS) is 28.5. The van der Waals surface area contributed by atoms with Gasteiger partial charge in [-0.3, -0.25) is 4.79 Å². The third kappa shape index (κ3) is 5.94. The highest BCUT2D eigenvalue weighted by Gasteiger charge is 2.30. The molecule has 1 saturated carbocycles. The van der Waals surface area contributed by atoms with E-state index in [-0.39, 0.29) is 11.4 Å². The zero-order valence-electron chi connectivity index (χ0n) is 13.5.